The Hall–Kier alpha value is -1.49. The third-order valence-corrected chi connectivity index (χ3v) is 2.44. The van der Waals surface area contributed by atoms with Gasteiger partial charge in [-0.2, -0.15) is 0 Å². The number of amidine groups is 1. The first-order valence-electron chi connectivity index (χ1n) is 5.13. The molecule has 0 atom stereocenters. The zero-order valence-electron chi connectivity index (χ0n) is 10.5. The van der Waals surface area contributed by atoms with E-state index in [1.807, 2.05) is 49.5 Å². The van der Waals surface area contributed by atoms with Gasteiger partial charge in [0, 0.05) is 14.1 Å². The van der Waals surface area contributed by atoms with Gasteiger partial charge in [-0.3, -0.25) is 0 Å². The highest BCUT2D eigenvalue weighted by Crippen LogP contribution is 2.19. The molecule has 0 unspecified atom stereocenters. The van der Waals surface area contributed by atoms with Crippen molar-refractivity contribution >= 4 is 29.0 Å². The largest absolute Gasteiger partial charge is 0.497 e. The molecule has 0 N–H and O–H groups in total. The van der Waals surface area contributed by atoms with Crippen LogP contribution in [0.15, 0.2) is 34.3 Å². The third kappa shape index (κ3) is 4.91. The van der Waals surface area contributed by atoms with Crippen molar-refractivity contribution in [3.05, 3.63) is 24.3 Å². The highest BCUT2D eigenvalue weighted by molar-refractivity contribution is 8.13. The Bertz CT molecular complexity index is 399. The van der Waals surface area contributed by atoms with E-state index in [2.05, 4.69) is 9.98 Å². The number of methoxy groups -OCH3 is 1. The van der Waals surface area contributed by atoms with Crippen LogP contribution in [0.4, 0.5) is 5.69 Å². The van der Waals surface area contributed by atoms with E-state index in [1.54, 1.807) is 13.4 Å². The lowest BCUT2D eigenvalue weighted by atomic mass is 10.3. The number of thioether (sulfide) groups is 1. The average Bonchev–Trinajstić information content (AvgIpc) is 2.35. The fraction of sp³-hybridized carbons (Fsp3) is 0.333. The standard InChI is InChI=1S/C12H17N3OS/c1-15(2)9-13-12(17-4)14-10-5-7-11(16-3)8-6-10/h5-9H,1-4H3. The number of benzene rings is 1. The maximum atomic E-state index is 5.09. The second kappa shape index (κ2) is 6.96. The molecule has 0 aliphatic rings. The molecule has 4 nitrogen and oxygen atoms in total. The van der Waals surface area contributed by atoms with Crippen molar-refractivity contribution in [2.75, 3.05) is 27.5 Å². The summed E-state index contributed by atoms with van der Waals surface area (Å²) in [7, 11) is 5.50. The van der Waals surface area contributed by atoms with Gasteiger partial charge in [-0.1, -0.05) is 11.8 Å². The highest BCUT2D eigenvalue weighted by atomic mass is 32.2. The van der Waals surface area contributed by atoms with Crippen molar-refractivity contribution in [2.45, 2.75) is 0 Å². The van der Waals surface area contributed by atoms with E-state index in [0.29, 0.717) is 0 Å². The van der Waals surface area contributed by atoms with Crippen molar-refractivity contribution in [1.29, 1.82) is 0 Å². The third-order valence-electron chi connectivity index (χ3n) is 1.88. The lowest BCUT2D eigenvalue weighted by Gasteiger charge is -2.03. The molecule has 0 aliphatic heterocycles. The van der Waals surface area contributed by atoms with Crippen molar-refractivity contribution in [1.82, 2.24) is 4.90 Å². The Balaban J connectivity index is 2.82. The van der Waals surface area contributed by atoms with Crippen LogP contribution in [0.1, 0.15) is 0 Å². The van der Waals surface area contributed by atoms with Crippen molar-refractivity contribution in [3.63, 3.8) is 0 Å². The zero-order valence-corrected chi connectivity index (χ0v) is 11.4. The number of hydrogen-bond donors (Lipinski definition) is 0. The first-order chi connectivity index (χ1) is 8.15. The van der Waals surface area contributed by atoms with Crippen LogP contribution in [0, 0.1) is 0 Å². The van der Waals surface area contributed by atoms with Gasteiger partial charge in [0.25, 0.3) is 0 Å². The lowest BCUT2D eigenvalue weighted by molar-refractivity contribution is 0.415. The first-order valence-corrected chi connectivity index (χ1v) is 6.35. The molecule has 0 bridgehead atoms. The van der Waals surface area contributed by atoms with Crippen molar-refractivity contribution in [2.24, 2.45) is 9.98 Å². The van der Waals surface area contributed by atoms with Crippen LogP contribution in [-0.4, -0.2) is 43.9 Å². The van der Waals surface area contributed by atoms with Gasteiger partial charge < -0.3 is 9.64 Å². The van der Waals surface area contributed by atoms with Crippen LogP contribution in [0.25, 0.3) is 0 Å². The van der Waals surface area contributed by atoms with Gasteiger partial charge >= 0.3 is 0 Å². The number of aliphatic imine (C=N–C) groups is 2. The number of ether oxygens (including phenoxy) is 1. The Morgan fingerprint density at radius 2 is 1.94 bits per heavy atom. The van der Waals surface area contributed by atoms with Crippen LogP contribution in [0.3, 0.4) is 0 Å². The van der Waals surface area contributed by atoms with E-state index in [1.165, 1.54) is 11.8 Å². The summed E-state index contributed by atoms with van der Waals surface area (Å²) in [5, 5.41) is 0.726. The smallest absolute Gasteiger partial charge is 0.189 e. The molecule has 0 saturated heterocycles. The fourth-order valence-corrected chi connectivity index (χ4v) is 1.41. The van der Waals surface area contributed by atoms with E-state index >= 15 is 0 Å². The summed E-state index contributed by atoms with van der Waals surface area (Å²) in [6.07, 6.45) is 3.69. The number of hydrogen-bond acceptors (Lipinski definition) is 3. The summed E-state index contributed by atoms with van der Waals surface area (Å²) in [6, 6.07) is 7.57. The second-order valence-electron chi connectivity index (χ2n) is 3.50. The molecule has 17 heavy (non-hydrogen) atoms. The molecular weight excluding hydrogens is 234 g/mol. The summed E-state index contributed by atoms with van der Waals surface area (Å²) >= 11 is 1.51. The lowest BCUT2D eigenvalue weighted by Crippen LogP contribution is -2.08. The number of nitrogens with zero attached hydrogens (tertiary/aromatic N) is 3. The van der Waals surface area contributed by atoms with Crippen LogP contribution >= 0.6 is 11.8 Å². The van der Waals surface area contributed by atoms with Gasteiger partial charge in [-0.15, -0.1) is 0 Å². The van der Waals surface area contributed by atoms with E-state index in [9.17, 15) is 0 Å². The minimum atomic E-state index is 0.726. The summed E-state index contributed by atoms with van der Waals surface area (Å²) in [4.78, 5) is 10.6. The molecule has 0 heterocycles. The Morgan fingerprint density at radius 3 is 2.41 bits per heavy atom. The Morgan fingerprint density at radius 1 is 1.29 bits per heavy atom. The SMILES string of the molecule is COc1ccc(N=C(N=CN(C)C)SC)cc1. The maximum absolute atomic E-state index is 5.09. The molecule has 0 fully saturated rings. The number of rotatable bonds is 3. The molecule has 92 valence electrons. The minimum Gasteiger partial charge on any atom is -0.497 e. The van der Waals surface area contributed by atoms with Gasteiger partial charge in [0.1, 0.15) is 5.75 Å². The minimum absolute atomic E-state index is 0.726. The van der Waals surface area contributed by atoms with Crippen molar-refractivity contribution in [3.8, 4) is 5.75 Å². The van der Waals surface area contributed by atoms with Gasteiger partial charge in [0.05, 0.1) is 19.1 Å². The normalized spacial score (nSPS) is 11.9. The zero-order chi connectivity index (χ0) is 12.7. The molecule has 0 saturated carbocycles. The summed E-state index contributed by atoms with van der Waals surface area (Å²) in [5.74, 6) is 0.825. The second-order valence-corrected chi connectivity index (χ2v) is 4.28. The molecule has 5 heteroatoms. The molecule has 0 aliphatic carbocycles. The topological polar surface area (TPSA) is 37.2 Å². The molecular formula is C12H17N3OS. The van der Waals surface area contributed by atoms with E-state index in [-0.39, 0.29) is 0 Å². The highest BCUT2D eigenvalue weighted by Gasteiger charge is 1.96. The molecule has 1 aromatic carbocycles. The molecule has 0 aromatic heterocycles. The molecule has 1 rings (SSSR count). The van der Waals surface area contributed by atoms with Crippen molar-refractivity contribution < 1.29 is 4.74 Å². The summed E-state index contributed by atoms with van der Waals surface area (Å²) < 4.78 is 5.09. The van der Waals surface area contributed by atoms with Gasteiger partial charge in [-0.05, 0) is 30.5 Å². The predicted octanol–water partition coefficient (Wildman–Crippen LogP) is 2.64. The first kappa shape index (κ1) is 13.6. The quantitative estimate of drug-likeness (QED) is 0.612. The van der Waals surface area contributed by atoms with Crippen LogP contribution in [0.5, 0.6) is 5.75 Å². The molecule has 1 aromatic rings. The summed E-state index contributed by atoms with van der Waals surface area (Å²) in [5.41, 5.74) is 0.867. The van der Waals surface area contributed by atoms with Gasteiger partial charge in [0.2, 0.25) is 0 Å². The van der Waals surface area contributed by atoms with Gasteiger partial charge in [-0.25, -0.2) is 9.98 Å². The molecule has 0 amide bonds. The predicted molar refractivity (Wildman–Crippen MR) is 75.8 cm³/mol. The molecule has 0 radical (unpaired) electrons. The van der Waals surface area contributed by atoms with Crippen LogP contribution in [0.2, 0.25) is 0 Å². The monoisotopic (exact) mass is 251 g/mol. The van der Waals surface area contributed by atoms with E-state index in [0.717, 1.165) is 16.6 Å². The molecule has 0 spiro atoms. The van der Waals surface area contributed by atoms with Gasteiger partial charge in [0.15, 0.2) is 5.17 Å². The van der Waals surface area contributed by atoms with Crippen LogP contribution in [-0.2, 0) is 0 Å². The summed E-state index contributed by atoms with van der Waals surface area (Å²) in [6.45, 7) is 0. The van der Waals surface area contributed by atoms with E-state index in [4.69, 9.17) is 4.74 Å². The van der Waals surface area contributed by atoms with Crippen LogP contribution < -0.4 is 4.74 Å². The van der Waals surface area contributed by atoms with E-state index < -0.39 is 0 Å². The maximum Gasteiger partial charge on any atom is 0.189 e. The Kier molecular flexibility index (Phi) is 5.56. The average molecular weight is 251 g/mol. The fourth-order valence-electron chi connectivity index (χ4n) is 1.06. The Labute approximate surface area is 106 Å².